The van der Waals surface area contributed by atoms with Gasteiger partial charge in [0.05, 0.1) is 21.2 Å². The van der Waals surface area contributed by atoms with Crippen molar-refractivity contribution >= 4 is 41.1 Å². The van der Waals surface area contributed by atoms with Crippen molar-refractivity contribution in [3.8, 4) is 0 Å². The van der Waals surface area contributed by atoms with Crippen LogP contribution in [0.2, 0.25) is 10.0 Å². The Balaban J connectivity index is 1.75. The van der Waals surface area contributed by atoms with E-state index in [-0.39, 0.29) is 18.4 Å². The van der Waals surface area contributed by atoms with Gasteiger partial charge < -0.3 is 0 Å². The lowest BCUT2D eigenvalue weighted by atomic mass is 10.1. The van der Waals surface area contributed by atoms with Gasteiger partial charge in [-0.15, -0.1) is 0 Å². The monoisotopic (exact) mass is 331 g/mol. The SMILES string of the molecule is O=C1c2ccccc2C(=O)N1CC=Cc1ccc(Cl)c(Cl)c1. The first kappa shape index (κ1) is 14.8. The molecule has 0 unspecified atom stereocenters. The minimum absolute atomic E-state index is 0.215. The van der Waals surface area contributed by atoms with E-state index >= 15 is 0 Å². The Kier molecular flexibility index (Phi) is 4.01. The van der Waals surface area contributed by atoms with Crippen LogP contribution in [0, 0.1) is 0 Å². The molecule has 0 fully saturated rings. The summed E-state index contributed by atoms with van der Waals surface area (Å²) < 4.78 is 0. The molecule has 2 aromatic carbocycles. The van der Waals surface area contributed by atoms with Crippen molar-refractivity contribution in [1.29, 1.82) is 0 Å². The summed E-state index contributed by atoms with van der Waals surface area (Å²) in [6.45, 7) is 0.215. The average molecular weight is 332 g/mol. The summed E-state index contributed by atoms with van der Waals surface area (Å²) in [7, 11) is 0. The van der Waals surface area contributed by atoms with Gasteiger partial charge in [0, 0.05) is 6.54 Å². The Morgan fingerprint density at radius 3 is 2.14 bits per heavy atom. The number of rotatable bonds is 3. The standard InChI is InChI=1S/C17H11Cl2NO2/c18-14-8-7-11(10-15(14)19)4-3-9-20-16(21)12-5-1-2-6-13(12)17(20)22/h1-8,10H,9H2. The molecule has 1 aliphatic rings. The van der Waals surface area contributed by atoms with Gasteiger partial charge in [0.1, 0.15) is 0 Å². The smallest absolute Gasteiger partial charge is 0.261 e. The van der Waals surface area contributed by atoms with Crippen molar-refractivity contribution in [3.63, 3.8) is 0 Å². The number of hydrogen-bond donors (Lipinski definition) is 0. The number of imide groups is 1. The van der Waals surface area contributed by atoms with Crippen molar-refractivity contribution in [1.82, 2.24) is 4.90 Å². The summed E-state index contributed by atoms with van der Waals surface area (Å²) >= 11 is 11.8. The van der Waals surface area contributed by atoms with Gasteiger partial charge in [0.2, 0.25) is 0 Å². The molecule has 0 saturated heterocycles. The molecule has 110 valence electrons. The number of fused-ring (bicyclic) bond motifs is 1. The number of carbonyl (C=O) groups excluding carboxylic acids is 2. The van der Waals surface area contributed by atoms with E-state index in [9.17, 15) is 9.59 Å². The molecular weight excluding hydrogens is 321 g/mol. The van der Waals surface area contributed by atoms with Gasteiger partial charge in [-0.2, -0.15) is 0 Å². The van der Waals surface area contributed by atoms with Crippen LogP contribution in [0.15, 0.2) is 48.5 Å². The second kappa shape index (κ2) is 5.95. The lowest BCUT2D eigenvalue weighted by Gasteiger charge is -2.10. The number of hydrogen-bond acceptors (Lipinski definition) is 2. The summed E-state index contributed by atoms with van der Waals surface area (Å²) in [5, 5.41) is 0.948. The number of nitrogens with zero attached hydrogens (tertiary/aromatic N) is 1. The van der Waals surface area contributed by atoms with Crippen LogP contribution in [0.4, 0.5) is 0 Å². The first-order chi connectivity index (χ1) is 10.6. The van der Waals surface area contributed by atoms with Gasteiger partial charge in [-0.1, -0.05) is 53.6 Å². The highest BCUT2D eigenvalue weighted by atomic mass is 35.5. The lowest BCUT2D eigenvalue weighted by Crippen LogP contribution is -2.29. The number of halogens is 2. The molecular formula is C17H11Cl2NO2. The highest BCUT2D eigenvalue weighted by molar-refractivity contribution is 6.42. The van der Waals surface area contributed by atoms with Crippen LogP contribution in [-0.4, -0.2) is 23.3 Å². The topological polar surface area (TPSA) is 37.4 Å². The molecule has 1 heterocycles. The maximum absolute atomic E-state index is 12.2. The van der Waals surface area contributed by atoms with Crippen LogP contribution in [-0.2, 0) is 0 Å². The fraction of sp³-hybridized carbons (Fsp3) is 0.0588. The Hall–Kier alpha value is -2.10. The van der Waals surface area contributed by atoms with E-state index in [0.717, 1.165) is 5.56 Å². The maximum atomic E-state index is 12.2. The summed E-state index contributed by atoms with van der Waals surface area (Å²) in [6, 6.07) is 12.1. The fourth-order valence-electron chi connectivity index (χ4n) is 2.32. The molecule has 0 aliphatic carbocycles. The van der Waals surface area contributed by atoms with Gasteiger partial charge in [-0.25, -0.2) is 0 Å². The summed E-state index contributed by atoms with van der Waals surface area (Å²) in [6.07, 6.45) is 3.55. The number of carbonyl (C=O) groups is 2. The van der Waals surface area contributed by atoms with E-state index in [1.807, 2.05) is 6.07 Å². The summed E-state index contributed by atoms with van der Waals surface area (Å²) in [5.41, 5.74) is 1.76. The zero-order valence-corrected chi connectivity index (χ0v) is 12.9. The normalized spacial score (nSPS) is 14.0. The summed E-state index contributed by atoms with van der Waals surface area (Å²) in [4.78, 5) is 25.6. The predicted molar refractivity (Wildman–Crippen MR) is 87.3 cm³/mol. The van der Waals surface area contributed by atoms with Gasteiger partial charge >= 0.3 is 0 Å². The van der Waals surface area contributed by atoms with Crippen LogP contribution in [0.3, 0.4) is 0 Å². The van der Waals surface area contributed by atoms with Crippen molar-refractivity contribution < 1.29 is 9.59 Å². The van der Waals surface area contributed by atoms with Crippen LogP contribution in [0.5, 0.6) is 0 Å². The molecule has 0 aromatic heterocycles. The van der Waals surface area contributed by atoms with Crippen LogP contribution >= 0.6 is 23.2 Å². The molecule has 2 amide bonds. The van der Waals surface area contributed by atoms with Gasteiger partial charge in [-0.3, -0.25) is 14.5 Å². The minimum atomic E-state index is -0.264. The molecule has 0 N–H and O–H groups in total. The van der Waals surface area contributed by atoms with E-state index in [4.69, 9.17) is 23.2 Å². The van der Waals surface area contributed by atoms with E-state index in [2.05, 4.69) is 0 Å². The summed E-state index contributed by atoms with van der Waals surface area (Å²) in [5.74, 6) is -0.529. The molecule has 2 aromatic rings. The van der Waals surface area contributed by atoms with Gasteiger partial charge in [0.25, 0.3) is 11.8 Å². The van der Waals surface area contributed by atoms with E-state index in [0.29, 0.717) is 21.2 Å². The van der Waals surface area contributed by atoms with E-state index in [1.165, 1.54) is 4.90 Å². The second-order valence-corrected chi connectivity index (χ2v) is 5.66. The largest absolute Gasteiger partial charge is 0.270 e. The zero-order chi connectivity index (χ0) is 15.7. The quantitative estimate of drug-likeness (QED) is 0.786. The first-order valence-corrected chi connectivity index (χ1v) is 7.40. The van der Waals surface area contributed by atoms with Gasteiger partial charge in [-0.05, 0) is 29.8 Å². The maximum Gasteiger partial charge on any atom is 0.261 e. The zero-order valence-electron chi connectivity index (χ0n) is 11.4. The van der Waals surface area contributed by atoms with E-state index in [1.54, 1.807) is 48.6 Å². The Morgan fingerprint density at radius 1 is 0.909 bits per heavy atom. The molecule has 5 heteroatoms. The van der Waals surface area contributed by atoms with Crippen LogP contribution < -0.4 is 0 Å². The third kappa shape index (κ3) is 2.65. The Labute approximate surface area is 137 Å². The average Bonchev–Trinajstić information content (AvgIpc) is 2.76. The van der Waals surface area contributed by atoms with Crippen molar-refractivity contribution in [2.24, 2.45) is 0 Å². The highest BCUT2D eigenvalue weighted by Crippen LogP contribution is 2.24. The molecule has 0 bridgehead atoms. The molecule has 0 spiro atoms. The van der Waals surface area contributed by atoms with Crippen LogP contribution in [0.1, 0.15) is 26.3 Å². The number of amides is 2. The first-order valence-electron chi connectivity index (χ1n) is 6.65. The van der Waals surface area contributed by atoms with Gasteiger partial charge in [0.15, 0.2) is 0 Å². The van der Waals surface area contributed by atoms with Crippen molar-refractivity contribution in [2.45, 2.75) is 0 Å². The predicted octanol–water partition coefficient (Wildman–Crippen LogP) is 4.30. The molecule has 3 rings (SSSR count). The third-order valence-electron chi connectivity index (χ3n) is 3.42. The number of benzene rings is 2. The van der Waals surface area contributed by atoms with Crippen molar-refractivity contribution in [2.75, 3.05) is 6.54 Å². The highest BCUT2D eigenvalue weighted by Gasteiger charge is 2.33. The third-order valence-corrected chi connectivity index (χ3v) is 4.16. The minimum Gasteiger partial charge on any atom is -0.270 e. The second-order valence-electron chi connectivity index (χ2n) is 4.84. The molecule has 22 heavy (non-hydrogen) atoms. The van der Waals surface area contributed by atoms with Crippen molar-refractivity contribution in [3.05, 3.63) is 75.3 Å². The fourth-order valence-corrected chi connectivity index (χ4v) is 2.62. The molecule has 0 radical (unpaired) electrons. The molecule has 3 nitrogen and oxygen atoms in total. The Morgan fingerprint density at radius 2 is 1.55 bits per heavy atom. The Bertz CT molecular complexity index is 764. The molecule has 0 saturated carbocycles. The molecule has 1 aliphatic heterocycles. The van der Waals surface area contributed by atoms with Crippen LogP contribution in [0.25, 0.3) is 6.08 Å². The lowest BCUT2D eigenvalue weighted by molar-refractivity contribution is 0.0672. The van der Waals surface area contributed by atoms with E-state index < -0.39 is 0 Å². The molecule has 0 atom stereocenters.